The minimum absolute atomic E-state index is 0. The van der Waals surface area contributed by atoms with E-state index in [4.69, 9.17) is 19.9 Å². The summed E-state index contributed by atoms with van der Waals surface area (Å²) >= 11 is 0. The number of benzene rings is 4. The van der Waals surface area contributed by atoms with Crippen LogP contribution in [0.5, 0.6) is 23.0 Å². The molecule has 8 bridgehead atoms. The Kier molecular flexibility index (Phi) is 16.1. The molecule has 9 rings (SSSR count). The topological polar surface area (TPSA) is 135 Å². The largest absolute Gasteiger partial charge is 2.00 e. The van der Waals surface area contributed by atoms with Crippen LogP contribution in [0.15, 0.2) is 72.8 Å². The zero-order valence-corrected chi connectivity index (χ0v) is 56.3. The predicted molar refractivity (Wildman–Crippen MR) is 355 cm³/mol. The van der Waals surface area contributed by atoms with Gasteiger partial charge < -0.3 is 30.4 Å². The van der Waals surface area contributed by atoms with Crippen LogP contribution in [-0.4, -0.2) is 30.4 Å². The van der Waals surface area contributed by atoms with E-state index in [9.17, 15) is 20.4 Å². The zero-order chi connectivity index (χ0) is 62.3. The summed E-state index contributed by atoms with van der Waals surface area (Å²) in [7, 11) is 0. The molecule has 0 aliphatic carbocycles. The Hall–Kier alpha value is -6.80. The Morgan fingerprint density at radius 2 is 0.400 bits per heavy atom. The van der Waals surface area contributed by atoms with Gasteiger partial charge in [0.15, 0.2) is 0 Å². The molecule has 4 N–H and O–H groups in total. The first-order valence-corrected chi connectivity index (χ1v) is 29.9. The van der Waals surface area contributed by atoms with Gasteiger partial charge in [0.05, 0.1) is 22.8 Å². The molecule has 0 radical (unpaired) electrons. The van der Waals surface area contributed by atoms with E-state index in [2.05, 4.69) is 263 Å². The van der Waals surface area contributed by atoms with Crippen molar-refractivity contribution in [1.82, 2.24) is 19.9 Å². The molecule has 8 nitrogen and oxygen atoms in total. The van der Waals surface area contributed by atoms with Gasteiger partial charge in [0.25, 0.3) is 0 Å². The molecule has 2 aliphatic rings. The summed E-state index contributed by atoms with van der Waals surface area (Å²) in [5.74, 6) is 1.12. The minimum Gasteiger partial charge on any atom is -0.657 e. The number of fused-ring (bicyclic) bond motifs is 8. The van der Waals surface area contributed by atoms with Gasteiger partial charge in [0.2, 0.25) is 0 Å². The van der Waals surface area contributed by atoms with Crippen LogP contribution in [-0.2, 0) is 60.4 Å². The number of hydrogen-bond acceptors (Lipinski definition) is 6. The first-order chi connectivity index (χ1) is 38.3. The first kappa shape index (κ1) is 64.2. The second kappa shape index (κ2) is 21.3. The normalized spacial score (nSPS) is 13.6. The van der Waals surface area contributed by atoms with Gasteiger partial charge in [-0.3, -0.25) is 0 Å². The molecule has 4 aromatic carbocycles. The van der Waals surface area contributed by atoms with Crippen molar-refractivity contribution >= 4 is 46.4 Å². The SMILES string of the molecule is CC(C)(C)c1cc(-c2c3nc(c(-c4cc(C(C)(C)C)c(O)c(C(C)(C)C)c4)c4ccc([n-]4)c(-c4cc(C(C)(C)C)c(O)c(C(C)(C)C)c4)c4nc(c(-c5cc(C(C)(C)C)c(O)c(C(C)(C)C)c5)c5ccc2[n-]5)C=C4)C=C3)cc(C(C)(C)C)c1O.[Fe+2]. The third kappa shape index (κ3) is 12.2. The van der Waals surface area contributed by atoms with Gasteiger partial charge in [-0.15, -0.1) is 22.1 Å². The Balaban J connectivity index is 0.00000940. The van der Waals surface area contributed by atoms with Gasteiger partial charge in [-0.25, -0.2) is 9.97 Å². The molecule has 448 valence electrons. The van der Waals surface area contributed by atoms with Gasteiger partial charge in [-0.05, 0) is 161 Å². The minimum atomic E-state index is -0.431. The number of phenolic OH excluding ortho intramolecular Hbond substituents is 4. The van der Waals surface area contributed by atoms with E-state index in [0.29, 0.717) is 44.8 Å². The van der Waals surface area contributed by atoms with E-state index in [-0.39, 0.29) is 40.1 Å². The Morgan fingerprint density at radius 1 is 0.259 bits per heavy atom. The van der Waals surface area contributed by atoms with E-state index in [1.807, 2.05) is 0 Å². The molecule has 0 saturated carbocycles. The molecule has 0 atom stereocenters. The Morgan fingerprint density at radius 3 is 0.529 bits per heavy atom. The molecule has 0 fully saturated rings. The van der Waals surface area contributed by atoms with Crippen LogP contribution in [0.3, 0.4) is 0 Å². The molecule has 0 amide bonds. The van der Waals surface area contributed by atoms with Crippen molar-refractivity contribution in [2.45, 2.75) is 209 Å². The van der Waals surface area contributed by atoms with Gasteiger partial charge in [0, 0.05) is 44.5 Å². The average molecular weight is 1180 g/mol. The Labute approximate surface area is 517 Å². The van der Waals surface area contributed by atoms with Crippen molar-refractivity contribution in [2.24, 2.45) is 0 Å². The van der Waals surface area contributed by atoms with Crippen molar-refractivity contribution in [2.75, 3.05) is 0 Å². The Bertz CT molecular complexity index is 3410. The molecule has 9 heteroatoms. The molecule has 7 aromatic rings. The number of phenols is 4. The maximum absolute atomic E-state index is 12.2. The summed E-state index contributed by atoms with van der Waals surface area (Å²) in [4.78, 5) is 22.9. The standard InChI is InChI=1S/C76H92N4O4.Fe/c1-69(2,3)45-33-41(34-46(65(45)81)70(4,5)6)61-53-25-27-55(77-53)62(42-35-47(71(7,8)9)66(82)48(36-42)72(10,11)12)57-29-31-59(79-57)64(44-39-51(75(19,20)21)68(84)52(40-44)76(22,23)24)60-32-30-58(80-60)63(56-28-26-54(61)78-56)43-37-49(73(13,14)15)67(83)50(38-43)74(16,17)18;/h25-40H,1-24H3,(H4-2,77,78,79,80,81,82,83,84);/q-2;+2. The van der Waals surface area contributed by atoms with Crippen molar-refractivity contribution < 1.29 is 37.5 Å². The van der Waals surface area contributed by atoms with Crippen LogP contribution < -0.4 is 9.97 Å². The third-order valence-electron chi connectivity index (χ3n) is 16.7. The van der Waals surface area contributed by atoms with E-state index in [0.717, 1.165) is 89.0 Å². The number of hydrogen-bond donors (Lipinski definition) is 4. The third-order valence-corrected chi connectivity index (χ3v) is 16.7. The number of rotatable bonds is 4. The van der Waals surface area contributed by atoms with Crippen LogP contribution in [0.4, 0.5) is 0 Å². The van der Waals surface area contributed by atoms with E-state index in [1.165, 1.54) is 0 Å². The number of nitrogens with zero attached hydrogens (tertiary/aromatic N) is 4. The van der Waals surface area contributed by atoms with E-state index < -0.39 is 43.3 Å². The fraction of sp³-hybridized carbons (Fsp3) is 0.421. The molecule has 85 heavy (non-hydrogen) atoms. The molecule has 0 spiro atoms. The van der Waals surface area contributed by atoms with Crippen molar-refractivity contribution in [3.63, 3.8) is 0 Å². The smallest absolute Gasteiger partial charge is 0.657 e. The summed E-state index contributed by atoms with van der Waals surface area (Å²) in [5, 5.41) is 48.8. The number of aromatic hydroxyl groups is 4. The summed E-state index contributed by atoms with van der Waals surface area (Å²) < 4.78 is 0. The molecular weight excluding hydrogens is 1090 g/mol. The fourth-order valence-corrected chi connectivity index (χ4v) is 12.0. The van der Waals surface area contributed by atoms with Gasteiger partial charge in [0.1, 0.15) is 23.0 Å². The van der Waals surface area contributed by atoms with Crippen LogP contribution in [0, 0.1) is 0 Å². The molecule has 0 saturated heterocycles. The molecule has 5 heterocycles. The average Bonchev–Trinajstić information content (AvgIpc) is 2.77. The fourth-order valence-electron chi connectivity index (χ4n) is 12.0. The second-order valence-corrected chi connectivity index (χ2v) is 32.0. The molecular formula is C76H92FeN4O4. The maximum atomic E-state index is 12.2. The maximum Gasteiger partial charge on any atom is 2.00 e. The van der Waals surface area contributed by atoms with E-state index in [1.54, 1.807) is 0 Å². The second-order valence-electron chi connectivity index (χ2n) is 32.0. The molecule has 3 aromatic heterocycles. The van der Waals surface area contributed by atoms with Crippen LogP contribution in [0.25, 0.3) is 90.9 Å². The summed E-state index contributed by atoms with van der Waals surface area (Å²) in [6, 6.07) is 25.2. The summed E-state index contributed by atoms with van der Waals surface area (Å²) in [6.07, 6.45) is 8.31. The van der Waals surface area contributed by atoms with Crippen LogP contribution in [0.2, 0.25) is 0 Å². The molecule has 2 aliphatic heterocycles. The van der Waals surface area contributed by atoms with Crippen molar-refractivity contribution in [1.29, 1.82) is 0 Å². The van der Waals surface area contributed by atoms with Crippen LogP contribution in [0.1, 0.15) is 233 Å². The summed E-state index contributed by atoms with van der Waals surface area (Å²) in [6.45, 7) is 51.2. The quantitative estimate of drug-likeness (QED) is 0.128. The first-order valence-electron chi connectivity index (χ1n) is 29.9. The monoisotopic (exact) mass is 1180 g/mol. The van der Waals surface area contributed by atoms with Crippen LogP contribution >= 0.6 is 0 Å². The molecule has 0 unspecified atom stereocenters. The van der Waals surface area contributed by atoms with Gasteiger partial charge in [-0.1, -0.05) is 190 Å². The van der Waals surface area contributed by atoms with Crippen molar-refractivity contribution in [3.05, 3.63) is 140 Å². The zero-order valence-electron chi connectivity index (χ0n) is 55.2. The van der Waals surface area contributed by atoms with E-state index >= 15 is 0 Å². The van der Waals surface area contributed by atoms with Gasteiger partial charge >= 0.3 is 17.1 Å². The van der Waals surface area contributed by atoms with Gasteiger partial charge in [-0.2, -0.15) is 0 Å². The summed E-state index contributed by atoms with van der Waals surface area (Å²) in [5.41, 5.74) is 15.2. The van der Waals surface area contributed by atoms with Crippen molar-refractivity contribution in [3.8, 4) is 67.5 Å². The number of aromatic nitrogens is 4. The predicted octanol–water partition coefficient (Wildman–Crippen LogP) is 19.8.